The van der Waals surface area contributed by atoms with Gasteiger partial charge < -0.3 is 25.4 Å². The Morgan fingerprint density at radius 1 is 1.00 bits per heavy atom. The molecule has 0 aliphatic carbocycles. The summed E-state index contributed by atoms with van der Waals surface area (Å²) in [5.41, 5.74) is 0.531. The minimum absolute atomic E-state index is 0.0633. The van der Waals surface area contributed by atoms with Crippen LogP contribution in [0.1, 0.15) is 118 Å². The van der Waals surface area contributed by atoms with E-state index in [1.807, 2.05) is 20.8 Å². The topological polar surface area (TPSA) is 108 Å². The van der Waals surface area contributed by atoms with Crippen LogP contribution in [0.25, 0.3) is 0 Å². The number of aryl methyl sites for hydroxylation is 1. The Balaban J connectivity index is 3.55. The normalized spacial score (nSPS) is 13.9. The maximum atomic E-state index is 14.3. The molecule has 0 bridgehead atoms. The highest BCUT2D eigenvalue weighted by Crippen LogP contribution is 2.28. The van der Waals surface area contributed by atoms with Crippen molar-refractivity contribution in [3.05, 3.63) is 29.3 Å². The van der Waals surface area contributed by atoms with E-state index in [1.54, 1.807) is 50.8 Å². The summed E-state index contributed by atoms with van der Waals surface area (Å²) in [7, 11) is 0. The number of ether oxygens (including phenoxy) is 1. The number of hydrogen-bond donors (Lipinski definition) is 3. The number of carbonyl (C=O) groups is 3. The lowest BCUT2D eigenvalue weighted by Gasteiger charge is -2.35. The summed E-state index contributed by atoms with van der Waals surface area (Å²) < 4.78 is 5.47. The molecule has 0 saturated carbocycles. The largest absolute Gasteiger partial charge is 0.508 e. The summed E-state index contributed by atoms with van der Waals surface area (Å²) in [6.45, 7) is 17.6. The Hall–Kier alpha value is -2.77. The molecule has 0 aliphatic rings. The number of amides is 3. The molecule has 0 spiro atoms. The number of unbranched alkanes of at least 4 members (excludes halogenated alkanes) is 3. The first-order chi connectivity index (χ1) is 18.2. The summed E-state index contributed by atoms with van der Waals surface area (Å²) in [5.74, 6) is -0.350. The van der Waals surface area contributed by atoms with Gasteiger partial charge in [0.1, 0.15) is 23.4 Å². The number of rotatable bonds is 15. The standard InChI is InChI=1S/C31H53N3O5/c1-10-12-13-14-18-34(29(37)25(19-21(3)4)33-30(38)39-31(7,8)9)27(28(36)32-23(6)15-11-2)24-16-17-26(35)22(5)20-24/h16-17,20-21,23,25,27,35H,10-15,18-19H2,1-9H3,(H,32,36)(H,33,38). The molecule has 0 fully saturated rings. The number of benzene rings is 1. The third kappa shape index (κ3) is 12.3. The number of aromatic hydroxyl groups is 1. The van der Waals surface area contributed by atoms with E-state index in [2.05, 4.69) is 24.5 Å². The molecule has 3 unspecified atom stereocenters. The molecule has 0 heterocycles. The van der Waals surface area contributed by atoms with Gasteiger partial charge in [0.2, 0.25) is 11.8 Å². The highest BCUT2D eigenvalue weighted by Gasteiger charge is 2.36. The van der Waals surface area contributed by atoms with Crippen LogP contribution >= 0.6 is 0 Å². The summed E-state index contributed by atoms with van der Waals surface area (Å²) in [4.78, 5) is 42.4. The molecule has 1 aromatic carbocycles. The van der Waals surface area contributed by atoms with Crippen LogP contribution in [-0.4, -0.2) is 52.1 Å². The molecule has 0 aromatic heterocycles. The average Bonchev–Trinajstić information content (AvgIpc) is 2.80. The Labute approximate surface area is 236 Å². The molecule has 222 valence electrons. The van der Waals surface area contributed by atoms with Crippen LogP contribution in [-0.2, 0) is 14.3 Å². The molecular formula is C31H53N3O5. The zero-order valence-electron chi connectivity index (χ0n) is 25.7. The lowest BCUT2D eigenvalue weighted by atomic mass is 9.97. The zero-order valence-corrected chi connectivity index (χ0v) is 25.7. The smallest absolute Gasteiger partial charge is 0.408 e. The molecule has 1 rings (SSSR count). The van der Waals surface area contributed by atoms with Crippen molar-refractivity contribution in [3.8, 4) is 5.75 Å². The number of phenolic OH excluding ortho intramolecular Hbond substituents is 1. The molecular weight excluding hydrogens is 494 g/mol. The van der Waals surface area contributed by atoms with Crippen LogP contribution in [0.15, 0.2) is 18.2 Å². The van der Waals surface area contributed by atoms with Crippen molar-refractivity contribution in [2.45, 2.75) is 131 Å². The van der Waals surface area contributed by atoms with Gasteiger partial charge in [0.15, 0.2) is 0 Å². The maximum absolute atomic E-state index is 14.3. The minimum Gasteiger partial charge on any atom is -0.508 e. The number of nitrogens with zero attached hydrogens (tertiary/aromatic N) is 1. The molecule has 0 radical (unpaired) electrons. The van der Waals surface area contributed by atoms with Crippen LogP contribution in [0.4, 0.5) is 4.79 Å². The molecule has 3 atom stereocenters. The van der Waals surface area contributed by atoms with Crippen molar-refractivity contribution in [3.63, 3.8) is 0 Å². The van der Waals surface area contributed by atoms with E-state index in [0.29, 0.717) is 24.1 Å². The number of nitrogens with one attached hydrogen (secondary N) is 2. The van der Waals surface area contributed by atoms with Gasteiger partial charge in [-0.05, 0) is 83.1 Å². The highest BCUT2D eigenvalue weighted by atomic mass is 16.6. The van der Waals surface area contributed by atoms with Crippen molar-refractivity contribution < 1.29 is 24.2 Å². The third-order valence-electron chi connectivity index (χ3n) is 6.44. The van der Waals surface area contributed by atoms with Gasteiger partial charge in [0.05, 0.1) is 0 Å². The van der Waals surface area contributed by atoms with Crippen LogP contribution in [0, 0.1) is 12.8 Å². The zero-order chi connectivity index (χ0) is 29.8. The van der Waals surface area contributed by atoms with Crippen molar-refractivity contribution in [1.82, 2.24) is 15.5 Å². The molecule has 3 N–H and O–H groups in total. The summed E-state index contributed by atoms with van der Waals surface area (Å²) in [6, 6.07) is 3.19. The molecule has 1 aromatic rings. The SMILES string of the molecule is CCCCCCN(C(=O)C(CC(C)C)NC(=O)OC(C)(C)C)C(C(=O)NC(C)CCC)c1ccc(O)c(C)c1. The summed E-state index contributed by atoms with van der Waals surface area (Å²) in [6.07, 6.45) is 5.18. The van der Waals surface area contributed by atoms with E-state index in [4.69, 9.17) is 4.74 Å². The predicted molar refractivity (Wildman–Crippen MR) is 157 cm³/mol. The quantitative estimate of drug-likeness (QED) is 0.220. The molecule has 3 amide bonds. The van der Waals surface area contributed by atoms with Gasteiger partial charge in [-0.3, -0.25) is 9.59 Å². The van der Waals surface area contributed by atoms with E-state index in [0.717, 1.165) is 38.5 Å². The van der Waals surface area contributed by atoms with Gasteiger partial charge in [0, 0.05) is 12.6 Å². The van der Waals surface area contributed by atoms with Crippen molar-refractivity contribution in [2.24, 2.45) is 5.92 Å². The van der Waals surface area contributed by atoms with Crippen molar-refractivity contribution in [1.29, 1.82) is 0 Å². The maximum Gasteiger partial charge on any atom is 0.408 e. The van der Waals surface area contributed by atoms with Gasteiger partial charge in [-0.1, -0.05) is 59.4 Å². The Morgan fingerprint density at radius 3 is 2.21 bits per heavy atom. The van der Waals surface area contributed by atoms with E-state index < -0.39 is 23.8 Å². The van der Waals surface area contributed by atoms with E-state index in [-0.39, 0.29) is 29.5 Å². The average molecular weight is 548 g/mol. The minimum atomic E-state index is -0.909. The number of carbonyl (C=O) groups excluding carboxylic acids is 3. The van der Waals surface area contributed by atoms with E-state index >= 15 is 0 Å². The van der Waals surface area contributed by atoms with Crippen LogP contribution < -0.4 is 10.6 Å². The van der Waals surface area contributed by atoms with Crippen LogP contribution in [0.3, 0.4) is 0 Å². The molecule has 0 saturated heterocycles. The number of hydrogen-bond acceptors (Lipinski definition) is 5. The second-order valence-corrected chi connectivity index (χ2v) is 12.1. The summed E-state index contributed by atoms with van der Waals surface area (Å²) in [5, 5.41) is 16.0. The fourth-order valence-corrected chi connectivity index (χ4v) is 4.57. The fourth-order valence-electron chi connectivity index (χ4n) is 4.57. The Morgan fingerprint density at radius 2 is 1.67 bits per heavy atom. The molecule has 8 nitrogen and oxygen atoms in total. The van der Waals surface area contributed by atoms with Crippen molar-refractivity contribution >= 4 is 17.9 Å². The van der Waals surface area contributed by atoms with Gasteiger partial charge in [-0.15, -0.1) is 0 Å². The molecule has 8 heteroatoms. The second kappa shape index (κ2) is 16.4. The van der Waals surface area contributed by atoms with Gasteiger partial charge >= 0.3 is 6.09 Å². The Bertz CT molecular complexity index is 925. The third-order valence-corrected chi connectivity index (χ3v) is 6.44. The van der Waals surface area contributed by atoms with Gasteiger partial charge in [-0.25, -0.2) is 4.79 Å². The summed E-state index contributed by atoms with van der Waals surface area (Å²) >= 11 is 0. The van der Waals surface area contributed by atoms with Gasteiger partial charge in [-0.2, -0.15) is 0 Å². The first kappa shape index (κ1) is 34.3. The highest BCUT2D eigenvalue weighted by molar-refractivity contribution is 5.92. The fraction of sp³-hybridized carbons (Fsp3) is 0.710. The van der Waals surface area contributed by atoms with E-state index in [1.165, 1.54) is 0 Å². The number of alkyl carbamates (subject to hydrolysis) is 1. The first-order valence-electron chi connectivity index (χ1n) is 14.6. The van der Waals surface area contributed by atoms with E-state index in [9.17, 15) is 19.5 Å². The number of phenols is 1. The first-order valence-corrected chi connectivity index (χ1v) is 14.6. The van der Waals surface area contributed by atoms with Crippen molar-refractivity contribution in [2.75, 3.05) is 6.54 Å². The molecule has 39 heavy (non-hydrogen) atoms. The van der Waals surface area contributed by atoms with Crippen LogP contribution in [0.2, 0.25) is 0 Å². The Kier molecular flexibility index (Phi) is 14.4. The lowest BCUT2D eigenvalue weighted by Crippen LogP contribution is -2.54. The molecule has 0 aliphatic heterocycles. The predicted octanol–water partition coefficient (Wildman–Crippen LogP) is 6.39. The lowest BCUT2D eigenvalue weighted by molar-refractivity contribution is -0.143. The monoisotopic (exact) mass is 547 g/mol. The second-order valence-electron chi connectivity index (χ2n) is 12.1. The van der Waals surface area contributed by atoms with Crippen LogP contribution in [0.5, 0.6) is 5.75 Å². The van der Waals surface area contributed by atoms with Gasteiger partial charge in [0.25, 0.3) is 0 Å².